The van der Waals surface area contributed by atoms with Crippen molar-refractivity contribution >= 4 is 22.1 Å². The van der Waals surface area contributed by atoms with E-state index in [1.165, 1.54) is 0 Å². The number of fused-ring (bicyclic) bond motifs is 1. The summed E-state index contributed by atoms with van der Waals surface area (Å²) in [4.78, 5) is 13.8. The highest BCUT2D eigenvalue weighted by Crippen LogP contribution is 2.30. The molecule has 0 aliphatic carbocycles. The third-order valence-corrected chi connectivity index (χ3v) is 3.91. The number of thiophene rings is 1. The summed E-state index contributed by atoms with van der Waals surface area (Å²) in [6, 6.07) is 11.4. The summed E-state index contributed by atoms with van der Waals surface area (Å²) in [6.45, 7) is 0.520. The van der Waals surface area contributed by atoms with Gasteiger partial charge in [0.15, 0.2) is 0 Å². The molecule has 0 saturated heterocycles. The van der Waals surface area contributed by atoms with Crippen LogP contribution in [0.25, 0.3) is 21.3 Å². The smallest absolute Gasteiger partial charge is 0.272 e. The molecule has 2 heterocycles. The maximum atomic E-state index is 11.7. The first-order chi connectivity index (χ1) is 8.79. The van der Waals surface area contributed by atoms with Crippen LogP contribution in [-0.2, 0) is 6.54 Å². The van der Waals surface area contributed by atoms with Gasteiger partial charge in [-0.25, -0.2) is 5.10 Å². The molecule has 1 aromatic carbocycles. The van der Waals surface area contributed by atoms with Gasteiger partial charge in [-0.15, -0.1) is 11.3 Å². The Morgan fingerprint density at radius 1 is 1.17 bits per heavy atom. The Labute approximate surface area is 107 Å². The number of aromatic nitrogens is 2. The molecule has 3 N–H and O–H groups in total. The Morgan fingerprint density at radius 3 is 2.67 bits per heavy atom. The van der Waals surface area contributed by atoms with Crippen LogP contribution >= 0.6 is 11.3 Å². The molecular weight excluding hydrogens is 246 g/mol. The molecule has 0 unspecified atom stereocenters. The number of nitrogens with one attached hydrogen (secondary N) is 1. The number of hydrogen-bond donors (Lipinski definition) is 2. The van der Waals surface area contributed by atoms with Crippen LogP contribution in [-0.4, -0.2) is 10.2 Å². The predicted molar refractivity (Wildman–Crippen MR) is 73.6 cm³/mol. The highest BCUT2D eigenvalue weighted by molar-refractivity contribution is 7.15. The minimum atomic E-state index is -0.162. The zero-order chi connectivity index (χ0) is 12.5. The lowest BCUT2D eigenvalue weighted by atomic mass is 10.1. The largest absolute Gasteiger partial charge is 0.326 e. The van der Waals surface area contributed by atoms with Crippen LogP contribution in [0.3, 0.4) is 0 Å². The standard InChI is InChI=1S/C13H11N3OS/c14-7-8-5-6-11(18-8)12-9-3-1-2-4-10(9)13(17)16-15-12/h1-6H,7,14H2,(H,16,17). The summed E-state index contributed by atoms with van der Waals surface area (Å²) in [6.07, 6.45) is 0. The summed E-state index contributed by atoms with van der Waals surface area (Å²) >= 11 is 1.60. The topological polar surface area (TPSA) is 71.8 Å². The Bertz CT molecular complexity index is 760. The van der Waals surface area contributed by atoms with E-state index in [4.69, 9.17) is 5.73 Å². The van der Waals surface area contributed by atoms with Crippen molar-refractivity contribution in [3.63, 3.8) is 0 Å². The van der Waals surface area contributed by atoms with E-state index in [9.17, 15) is 4.79 Å². The predicted octanol–water partition coefficient (Wildman–Crippen LogP) is 2.11. The molecule has 0 atom stereocenters. The van der Waals surface area contributed by atoms with Crippen LogP contribution in [0.2, 0.25) is 0 Å². The second-order valence-electron chi connectivity index (χ2n) is 3.92. The average molecular weight is 257 g/mol. The van der Waals surface area contributed by atoms with Crippen molar-refractivity contribution in [2.45, 2.75) is 6.54 Å². The van der Waals surface area contributed by atoms with Gasteiger partial charge < -0.3 is 5.73 Å². The number of aromatic amines is 1. The van der Waals surface area contributed by atoms with Gasteiger partial charge in [-0.1, -0.05) is 18.2 Å². The van der Waals surface area contributed by atoms with Gasteiger partial charge in [-0.3, -0.25) is 4.79 Å². The van der Waals surface area contributed by atoms with Crippen molar-refractivity contribution in [3.8, 4) is 10.6 Å². The van der Waals surface area contributed by atoms with Crippen LogP contribution in [0.5, 0.6) is 0 Å². The number of H-pyrrole nitrogens is 1. The molecule has 3 aromatic rings. The number of nitrogens with zero attached hydrogens (tertiary/aromatic N) is 1. The molecule has 4 nitrogen and oxygen atoms in total. The Hall–Kier alpha value is -1.98. The fourth-order valence-electron chi connectivity index (χ4n) is 1.92. The fraction of sp³-hybridized carbons (Fsp3) is 0.0769. The van der Waals surface area contributed by atoms with Crippen molar-refractivity contribution in [3.05, 3.63) is 51.6 Å². The summed E-state index contributed by atoms with van der Waals surface area (Å²) in [5.74, 6) is 0. The molecule has 0 aliphatic rings. The molecule has 0 bridgehead atoms. The quantitative estimate of drug-likeness (QED) is 0.738. The maximum Gasteiger partial charge on any atom is 0.272 e. The Kier molecular flexibility index (Phi) is 2.70. The SMILES string of the molecule is NCc1ccc(-c2n[nH]c(=O)c3ccccc23)s1. The summed E-state index contributed by atoms with van der Waals surface area (Å²) in [5, 5.41) is 8.22. The Morgan fingerprint density at radius 2 is 1.94 bits per heavy atom. The monoisotopic (exact) mass is 257 g/mol. The lowest BCUT2D eigenvalue weighted by Gasteiger charge is -2.01. The van der Waals surface area contributed by atoms with E-state index in [1.807, 2.05) is 30.3 Å². The molecule has 5 heteroatoms. The van der Waals surface area contributed by atoms with Gasteiger partial charge in [0, 0.05) is 16.8 Å². The zero-order valence-corrected chi connectivity index (χ0v) is 10.3. The number of nitrogens with two attached hydrogens (primary N) is 1. The molecule has 0 saturated carbocycles. The summed E-state index contributed by atoms with van der Waals surface area (Å²) in [5.41, 5.74) is 6.25. The molecule has 90 valence electrons. The van der Waals surface area contributed by atoms with Gasteiger partial charge in [0.25, 0.3) is 5.56 Å². The van der Waals surface area contributed by atoms with E-state index in [2.05, 4.69) is 10.2 Å². The summed E-state index contributed by atoms with van der Waals surface area (Å²) < 4.78 is 0. The third-order valence-electron chi connectivity index (χ3n) is 2.79. The van der Waals surface area contributed by atoms with Crippen molar-refractivity contribution in [1.82, 2.24) is 10.2 Å². The number of hydrogen-bond acceptors (Lipinski definition) is 4. The van der Waals surface area contributed by atoms with Gasteiger partial charge in [0.05, 0.1) is 10.3 Å². The number of rotatable bonds is 2. The minimum absolute atomic E-state index is 0.162. The number of benzene rings is 1. The molecular formula is C13H11N3OS. The van der Waals surface area contributed by atoms with Gasteiger partial charge in [0.2, 0.25) is 0 Å². The average Bonchev–Trinajstić information content (AvgIpc) is 2.88. The van der Waals surface area contributed by atoms with E-state index < -0.39 is 0 Å². The molecule has 0 aliphatic heterocycles. The molecule has 2 aromatic heterocycles. The van der Waals surface area contributed by atoms with Crippen molar-refractivity contribution in [2.75, 3.05) is 0 Å². The second-order valence-corrected chi connectivity index (χ2v) is 5.09. The van der Waals surface area contributed by atoms with Crippen LogP contribution in [0, 0.1) is 0 Å². The van der Waals surface area contributed by atoms with Crippen molar-refractivity contribution in [2.24, 2.45) is 5.73 Å². The van der Waals surface area contributed by atoms with Crippen LogP contribution in [0.15, 0.2) is 41.2 Å². The lowest BCUT2D eigenvalue weighted by Crippen LogP contribution is -2.08. The van der Waals surface area contributed by atoms with Crippen molar-refractivity contribution < 1.29 is 0 Å². The maximum absolute atomic E-state index is 11.7. The van der Waals surface area contributed by atoms with Gasteiger partial charge >= 0.3 is 0 Å². The van der Waals surface area contributed by atoms with Crippen LogP contribution < -0.4 is 11.3 Å². The molecule has 0 fully saturated rings. The zero-order valence-electron chi connectivity index (χ0n) is 9.51. The lowest BCUT2D eigenvalue weighted by molar-refractivity contribution is 1.02. The first-order valence-corrected chi connectivity index (χ1v) is 6.38. The van der Waals surface area contributed by atoms with Gasteiger partial charge in [-0.2, -0.15) is 5.10 Å². The second kappa shape index (κ2) is 4.36. The summed E-state index contributed by atoms with van der Waals surface area (Å²) in [7, 11) is 0. The highest BCUT2D eigenvalue weighted by Gasteiger charge is 2.09. The first kappa shape index (κ1) is 11.1. The van der Waals surface area contributed by atoms with Crippen molar-refractivity contribution in [1.29, 1.82) is 0 Å². The van der Waals surface area contributed by atoms with Crippen LogP contribution in [0.4, 0.5) is 0 Å². The molecule has 0 spiro atoms. The van der Waals surface area contributed by atoms with E-state index >= 15 is 0 Å². The Balaban J connectivity index is 2.29. The van der Waals surface area contributed by atoms with E-state index in [-0.39, 0.29) is 5.56 Å². The molecule has 3 rings (SSSR count). The van der Waals surface area contributed by atoms with E-state index in [1.54, 1.807) is 17.4 Å². The van der Waals surface area contributed by atoms with Gasteiger partial charge in [-0.05, 0) is 18.2 Å². The third kappa shape index (κ3) is 1.73. The first-order valence-electron chi connectivity index (χ1n) is 5.56. The van der Waals surface area contributed by atoms with Gasteiger partial charge in [0.1, 0.15) is 5.69 Å². The minimum Gasteiger partial charge on any atom is -0.326 e. The highest BCUT2D eigenvalue weighted by atomic mass is 32.1. The fourth-order valence-corrected chi connectivity index (χ4v) is 2.81. The molecule has 18 heavy (non-hydrogen) atoms. The van der Waals surface area contributed by atoms with E-state index in [0.29, 0.717) is 11.9 Å². The van der Waals surface area contributed by atoms with E-state index in [0.717, 1.165) is 20.8 Å². The molecule has 0 radical (unpaired) electrons. The normalized spacial score (nSPS) is 10.9. The molecule has 0 amide bonds. The van der Waals surface area contributed by atoms with Crippen LogP contribution in [0.1, 0.15) is 4.88 Å².